The molecule has 7 heteroatoms. The monoisotopic (exact) mass is 319 g/mol. The zero-order valence-electron chi connectivity index (χ0n) is 12.3. The van der Waals surface area contributed by atoms with E-state index in [1.165, 1.54) is 6.26 Å². The van der Waals surface area contributed by atoms with Crippen molar-refractivity contribution in [2.24, 2.45) is 7.05 Å². The summed E-state index contributed by atoms with van der Waals surface area (Å²) in [5, 5.41) is 5.07. The molecule has 1 aliphatic heterocycles. The molecule has 0 amide bonds. The maximum atomic E-state index is 11.2. The van der Waals surface area contributed by atoms with Crippen LogP contribution in [0.15, 0.2) is 0 Å². The Morgan fingerprint density at radius 3 is 2.70 bits per heavy atom. The summed E-state index contributed by atoms with van der Waals surface area (Å²) in [6.45, 7) is 3.77. The summed E-state index contributed by atoms with van der Waals surface area (Å²) in [6.07, 6.45) is 4.14. The van der Waals surface area contributed by atoms with E-state index in [-0.39, 0.29) is 11.8 Å². The van der Waals surface area contributed by atoms with Crippen LogP contribution in [0, 0.1) is 6.92 Å². The largest absolute Gasteiger partial charge is 0.296 e. The highest BCUT2D eigenvalue weighted by Crippen LogP contribution is 2.37. The summed E-state index contributed by atoms with van der Waals surface area (Å²) < 4.78 is 24.1. The van der Waals surface area contributed by atoms with Crippen LogP contribution in [0.3, 0.4) is 0 Å². The van der Waals surface area contributed by atoms with E-state index < -0.39 is 9.84 Å². The van der Waals surface area contributed by atoms with Gasteiger partial charge in [0.1, 0.15) is 15.0 Å². The van der Waals surface area contributed by atoms with Gasteiger partial charge in [-0.05, 0) is 39.3 Å². The van der Waals surface area contributed by atoms with Crippen molar-refractivity contribution in [3.05, 3.63) is 16.4 Å². The Hall–Kier alpha value is -0.590. The first-order valence-electron chi connectivity index (χ1n) is 6.90. The quantitative estimate of drug-likeness (QED) is 0.832. The Kier molecular flexibility index (Phi) is 4.76. The van der Waals surface area contributed by atoms with Crippen molar-refractivity contribution in [1.82, 2.24) is 14.7 Å². The molecule has 0 bridgehead atoms. The summed E-state index contributed by atoms with van der Waals surface area (Å²) in [7, 11) is -1.03. The second-order valence-electron chi connectivity index (χ2n) is 5.59. The van der Waals surface area contributed by atoms with Gasteiger partial charge in [0.15, 0.2) is 0 Å². The molecule has 2 rings (SSSR count). The molecule has 20 heavy (non-hydrogen) atoms. The number of sulfone groups is 1. The van der Waals surface area contributed by atoms with Gasteiger partial charge in [-0.15, -0.1) is 0 Å². The molecule has 114 valence electrons. The van der Waals surface area contributed by atoms with E-state index >= 15 is 0 Å². The van der Waals surface area contributed by atoms with Crippen LogP contribution in [-0.4, -0.2) is 48.2 Å². The number of aryl methyl sites for hydroxylation is 2. The summed E-state index contributed by atoms with van der Waals surface area (Å²) in [5.74, 6) is 0.246. The van der Waals surface area contributed by atoms with Gasteiger partial charge in [0.2, 0.25) is 0 Å². The Morgan fingerprint density at radius 2 is 2.15 bits per heavy atom. The Bertz CT molecular complexity index is 583. The minimum atomic E-state index is -2.88. The molecule has 0 N–H and O–H groups in total. The lowest BCUT2D eigenvalue weighted by Crippen LogP contribution is -2.26. The van der Waals surface area contributed by atoms with Crippen LogP contribution < -0.4 is 0 Å². The standard InChI is InChI=1S/C13H22ClN3O2S/c1-10-12(13(14)16(2)15-10)11-6-4-7-17(11)8-5-9-20(3,18)19/h11H,4-9H2,1-3H3. The average Bonchev–Trinajstić information content (AvgIpc) is 2.84. The van der Waals surface area contributed by atoms with Gasteiger partial charge in [0, 0.05) is 24.9 Å². The second-order valence-corrected chi connectivity index (χ2v) is 8.21. The van der Waals surface area contributed by atoms with Gasteiger partial charge < -0.3 is 0 Å². The van der Waals surface area contributed by atoms with Crippen LogP contribution in [0.2, 0.25) is 5.15 Å². The van der Waals surface area contributed by atoms with Gasteiger partial charge in [0.05, 0.1) is 11.4 Å². The number of likely N-dealkylation sites (tertiary alicyclic amines) is 1. The molecule has 0 aromatic carbocycles. The Balaban J connectivity index is 2.07. The number of rotatable bonds is 5. The molecule has 0 radical (unpaired) electrons. The molecule has 0 aliphatic carbocycles. The number of aromatic nitrogens is 2. The van der Waals surface area contributed by atoms with Gasteiger partial charge in [-0.3, -0.25) is 9.58 Å². The molecule has 0 saturated carbocycles. The van der Waals surface area contributed by atoms with Crippen LogP contribution in [0.4, 0.5) is 0 Å². The first-order valence-corrected chi connectivity index (χ1v) is 9.34. The minimum absolute atomic E-state index is 0.246. The number of nitrogens with zero attached hydrogens (tertiary/aromatic N) is 3. The van der Waals surface area contributed by atoms with E-state index in [0.29, 0.717) is 11.6 Å². The van der Waals surface area contributed by atoms with Crippen molar-refractivity contribution >= 4 is 21.4 Å². The van der Waals surface area contributed by atoms with Gasteiger partial charge >= 0.3 is 0 Å². The SMILES string of the molecule is Cc1nn(C)c(Cl)c1C1CCCN1CCCS(C)(=O)=O. The highest BCUT2D eigenvalue weighted by atomic mass is 35.5. The first-order chi connectivity index (χ1) is 9.29. The zero-order valence-corrected chi connectivity index (χ0v) is 13.8. The fourth-order valence-electron chi connectivity index (χ4n) is 2.98. The smallest absolute Gasteiger partial charge is 0.147 e. The van der Waals surface area contributed by atoms with Crippen LogP contribution >= 0.6 is 11.6 Å². The zero-order chi connectivity index (χ0) is 14.9. The van der Waals surface area contributed by atoms with Gasteiger partial charge in [-0.2, -0.15) is 5.10 Å². The van der Waals surface area contributed by atoms with Crippen LogP contribution in [0.25, 0.3) is 0 Å². The molecular weight excluding hydrogens is 298 g/mol. The van der Waals surface area contributed by atoms with Crippen LogP contribution in [-0.2, 0) is 16.9 Å². The third kappa shape index (κ3) is 3.54. The maximum Gasteiger partial charge on any atom is 0.147 e. The van der Waals surface area contributed by atoms with Crippen molar-refractivity contribution < 1.29 is 8.42 Å². The maximum absolute atomic E-state index is 11.2. The number of halogens is 1. The molecule has 1 atom stereocenters. The van der Waals surface area contributed by atoms with E-state index in [4.69, 9.17) is 11.6 Å². The van der Waals surface area contributed by atoms with E-state index in [0.717, 1.165) is 37.2 Å². The molecule has 5 nitrogen and oxygen atoms in total. The molecule has 1 aromatic heterocycles. The van der Waals surface area contributed by atoms with Crippen LogP contribution in [0.5, 0.6) is 0 Å². The lowest BCUT2D eigenvalue weighted by atomic mass is 10.1. The van der Waals surface area contributed by atoms with Gasteiger partial charge in [-0.25, -0.2) is 8.42 Å². The number of hydrogen-bond donors (Lipinski definition) is 0. The Labute approximate surface area is 125 Å². The highest BCUT2D eigenvalue weighted by Gasteiger charge is 2.30. The summed E-state index contributed by atoms with van der Waals surface area (Å²) in [5.41, 5.74) is 2.07. The topological polar surface area (TPSA) is 55.2 Å². The molecule has 1 unspecified atom stereocenters. The van der Waals surface area contributed by atoms with Gasteiger partial charge in [0.25, 0.3) is 0 Å². The predicted octanol–water partition coefficient (Wildman–Crippen LogP) is 1.95. The third-order valence-electron chi connectivity index (χ3n) is 3.85. The number of hydrogen-bond acceptors (Lipinski definition) is 4. The van der Waals surface area contributed by atoms with Gasteiger partial charge in [-0.1, -0.05) is 11.6 Å². The lowest BCUT2D eigenvalue weighted by Gasteiger charge is -2.24. The highest BCUT2D eigenvalue weighted by molar-refractivity contribution is 7.90. The molecule has 1 aromatic rings. The van der Waals surface area contributed by atoms with Crippen molar-refractivity contribution in [2.75, 3.05) is 25.1 Å². The molecule has 1 saturated heterocycles. The lowest BCUT2D eigenvalue weighted by molar-refractivity contribution is 0.257. The normalized spacial score (nSPS) is 20.7. The minimum Gasteiger partial charge on any atom is -0.296 e. The van der Waals surface area contributed by atoms with E-state index in [9.17, 15) is 8.42 Å². The fraction of sp³-hybridized carbons (Fsp3) is 0.769. The molecule has 1 aliphatic rings. The predicted molar refractivity (Wildman–Crippen MR) is 80.8 cm³/mol. The summed E-state index contributed by atoms with van der Waals surface area (Å²) in [4.78, 5) is 2.33. The fourth-order valence-corrected chi connectivity index (χ4v) is 3.93. The van der Waals surface area contributed by atoms with Crippen LogP contribution in [0.1, 0.15) is 36.6 Å². The Morgan fingerprint density at radius 1 is 1.45 bits per heavy atom. The average molecular weight is 320 g/mol. The molecule has 1 fully saturated rings. The molecule has 0 spiro atoms. The third-order valence-corrected chi connectivity index (χ3v) is 5.33. The van der Waals surface area contributed by atoms with Crippen molar-refractivity contribution in [2.45, 2.75) is 32.2 Å². The second kappa shape index (κ2) is 6.03. The van der Waals surface area contributed by atoms with E-state index in [1.54, 1.807) is 4.68 Å². The van der Waals surface area contributed by atoms with E-state index in [2.05, 4.69) is 10.00 Å². The molecular formula is C13H22ClN3O2S. The first kappa shape index (κ1) is 15.8. The summed E-state index contributed by atoms with van der Waals surface area (Å²) in [6, 6.07) is 0.274. The van der Waals surface area contributed by atoms with Crippen molar-refractivity contribution in [3.63, 3.8) is 0 Å². The summed E-state index contributed by atoms with van der Waals surface area (Å²) >= 11 is 6.34. The van der Waals surface area contributed by atoms with Crippen molar-refractivity contribution in [1.29, 1.82) is 0 Å². The van der Waals surface area contributed by atoms with Crippen molar-refractivity contribution in [3.8, 4) is 0 Å². The molecule has 2 heterocycles. The van der Waals surface area contributed by atoms with E-state index in [1.807, 2.05) is 14.0 Å².